The van der Waals surface area contributed by atoms with Gasteiger partial charge in [0.1, 0.15) is 24.0 Å². The summed E-state index contributed by atoms with van der Waals surface area (Å²) in [5.74, 6) is 1.50. The molecule has 0 amide bonds. The fourth-order valence-electron chi connectivity index (χ4n) is 4.57. The first kappa shape index (κ1) is 22.8. The molecule has 1 aromatic heterocycles. The number of para-hydroxylation sites is 2. The van der Waals surface area contributed by atoms with E-state index in [9.17, 15) is 5.11 Å². The van der Waals surface area contributed by atoms with Gasteiger partial charge in [0.05, 0.1) is 6.54 Å². The Bertz CT molecular complexity index is 950. The maximum atomic E-state index is 10.5. The molecule has 1 fully saturated rings. The van der Waals surface area contributed by atoms with Crippen LogP contribution in [0.5, 0.6) is 5.75 Å². The first-order chi connectivity index (χ1) is 15.6. The predicted molar refractivity (Wildman–Crippen MR) is 127 cm³/mol. The van der Waals surface area contributed by atoms with E-state index in [1.165, 1.54) is 32.1 Å². The molecule has 0 aliphatic heterocycles. The number of nitrogens with zero attached hydrogens (tertiary/aromatic N) is 3. The minimum absolute atomic E-state index is 0.305. The second kappa shape index (κ2) is 10.9. The Kier molecular flexibility index (Phi) is 7.79. The Balaban J connectivity index is 1.25. The van der Waals surface area contributed by atoms with Gasteiger partial charge in [-0.1, -0.05) is 43.5 Å². The lowest BCUT2D eigenvalue weighted by molar-refractivity contribution is 0.0561. The van der Waals surface area contributed by atoms with Crippen LogP contribution in [-0.4, -0.2) is 59.3 Å². The Morgan fingerprint density at radius 2 is 1.88 bits per heavy atom. The van der Waals surface area contributed by atoms with Gasteiger partial charge in [0.2, 0.25) is 5.89 Å². The smallest absolute Gasteiger partial charge is 0.209 e. The monoisotopic (exact) mass is 437 g/mol. The zero-order valence-electron chi connectivity index (χ0n) is 19.2. The molecule has 1 saturated carbocycles. The van der Waals surface area contributed by atoms with Crippen LogP contribution in [0.25, 0.3) is 11.1 Å². The normalized spacial score (nSPS) is 16.2. The van der Waals surface area contributed by atoms with Crippen molar-refractivity contribution in [1.82, 2.24) is 14.8 Å². The quantitative estimate of drug-likeness (QED) is 0.505. The van der Waals surface area contributed by atoms with E-state index in [1.54, 1.807) is 0 Å². The number of ether oxygens (including phenoxy) is 1. The van der Waals surface area contributed by atoms with Crippen molar-refractivity contribution in [2.75, 3.05) is 27.2 Å². The molecular weight excluding hydrogens is 402 g/mol. The summed E-state index contributed by atoms with van der Waals surface area (Å²) >= 11 is 0. The molecule has 0 spiro atoms. The maximum Gasteiger partial charge on any atom is 0.209 e. The molecule has 1 heterocycles. The van der Waals surface area contributed by atoms with Crippen molar-refractivity contribution >= 4 is 11.1 Å². The molecule has 1 N–H and O–H groups in total. The van der Waals surface area contributed by atoms with Gasteiger partial charge < -0.3 is 19.2 Å². The summed E-state index contributed by atoms with van der Waals surface area (Å²) in [4.78, 5) is 9.01. The van der Waals surface area contributed by atoms with Crippen LogP contribution in [0.1, 0.15) is 43.6 Å². The average molecular weight is 438 g/mol. The van der Waals surface area contributed by atoms with Crippen molar-refractivity contribution in [2.24, 2.45) is 0 Å². The summed E-state index contributed by atoms with van der Waals surface area (Å²) < 4.78 is 11.7. The summed E-state index contributed by atoms with van der Waals surface area (Å²) in [5.41, 5.74) is 2.85. The lowest BCUT2D eigenvalue weighted by Gasteiger charge is -2.32. The van der Waals surface area contributed by atoms with Crippen LogP contribution in [0.4, 0.5) is 0 Å². The van der Waals surface area contributed by atoms with Crippen molar-refractivity contribution in [3.63, 3.8) is 0 Å². The molecule has 32 heavy (non-hydrogen) atoms. The Hall–Kier alpha value is -2.41. The molecule has 1 atom stereocenters. The van der Waals surface area contributed by atoms with Gasteiger partial charge in [0, 0.05) is 19.1 Å². The number of rotatable bonds is 10. The van der Waals surface area contributed by atoms with E-state index in [2.05, 4.69) is 27.9 Å². The molecule has 6 nitrogen and oxygen atoms in total. The molecule has 0 bridgehead atoms. The number of likely N-dealkylation sites (N-methyl/N-ethyl adjacent to an activating group) is 1. The van der Waals surface area contributed by atoms with E-state index in [0.717, 1.165) is 29.0 Å². The number of aliphatic hydroxyl groups is 1. The molecule has 0 unspecified atom stereocenters. The van der Waals surface area contributed by atoms with Crippen LogP contribution in [0, 0.1) is 0 Å². The third-order valence-electron chi connectivity index (χ3n) is 6.23. The molecule has 172 valence electrons. The SMILES string of the molecule is CN(Cc1cccc(OC[C@@H](O)CN(C)C2CCCCC2)c1)Cc1nc2ccccc2o1. The van der Waals surface area contributed by atoms with E-state index in [-0.39, 0.29) is 0 Å². The van der Waals surface area contributed by atoms with Crippen molar-refractivity contribution in [2.45, 2.75) is 57.3 Å². The zero-order valence-corrected chi connectivity index (χ0v) is 19.2. The maximum absolute atomic E-state index is 10.5. The van der Waals surface area contributed by atoms with Gasteiger partial charge in [-0.3, -0.25) is 4.90 Å². The largest absolute Gasteiger partial charge is 0.491 e. The van der Waals surface area contributed by atoms with Gasteiger partial charge in [-0.15, -0.1) is 0 Å². The minimum Gasteiger partial charge on any atom is -0.491 e. The number of hydrogen-bond donors (Lipinski definition) is 1. The number of benzene rings is 2. The summed E-state index contributed by atoms with van der Waals surface area (Å²) in [6.07, 6.45) is 5.93. The molecule has 2 aromatic carbocycles. The molecule has 6 heteroatoms. The van der Waals surface area contributed by atoms with Gasteiger partial charge in [-0.2, -0.15) is 0 Å². The Labute approximate surface area is 190 Å². The second-order valence-electron chi connectivity index (χ2n) is 9.09. The van der Waals surface area contributed by atoms with E-state index in [4.69, 9.17) is 9.15 Å². The minimum atomic E-state index is -0.493. The molecule has 0 saturated heterocycles. The van der Waals surface area contributed by atoms with Crippen LogP contribution >= 0.6 is 0 Å². The van der Waals surface area contributed by atoms with Gasteiger partial charge in [-0.05, 0) is 56.8 Å². The highest BCUT2D eigenvalue weighted by Crippen LogP contribution is 2.22. The molecule has 4 rings (SSSR count). The van der Waals surface area contributed by atoms with E-state index < -0.39 is 6.10 Å². The predicted octanol–water partition coefficient (Wildman–Crippen LogP) is 4.46. The fourth-order valence-corrected chi connectivity index (χ4v) is 4.57. The lowest BCUT2D eigenvalue weighted by Crippen LogP contribution is -2.40. The number of hydrogen-bond acceptors (Lipinski definition) is 6. The van der Waals surface area contributed by atoms with Crippen LogP contribution in [0.3, 0.4) is 0 Å². The van der Waals surface area contributed by atoms with Crippen LogP contribution in [-0.2, 0) is 13.1 Å². The van der Waals surface area contributed by atoms with E-state index in [0.29, 0.717) is 31.6 Å². The van der Waals surface area contributed by atoms with Gasteiger partial charge in [-0.25, -0.2) is 4.98 Å². The standard InChI is InChI=1S/C26H35N3O3/c1-28(18-26-27-24-13-6-7-14-25(24)32-26)16-20-9-8-12-23(15-20)31-19-22(30)17-29(2)21-10-4-3-5-11-21/h6-9,12-15,21-22,30H,3-5,10-11,16-19H2,1-2H3/t22-/m0/s1. The summed E-state index contributed by atoms with van der Waals surface area (Å²) in [6, 6.07) is 16.5. The molecule has 1 aliphatic rings. The second-order valence-corrected chi connectivity index (χ2v) is 9.09. The van der Waals surface area contributed by atoms with Crippen molar-refractivity contribution in [3.05, 3.63) is 60.0 Å². The fraction of sp³-hybridized carbons (Fsp3) is 0.500. The first-order valence-corrected chi connectivity index (χ1v) is 11.7. The number of aromatic nitrogens is 1. The van der Waals surface area contributed by atoms with Crippen molar-refractivity contribution in [1.29, 1.82) is 0 Å². The first-order valence-electron chi connectivity index (χ1n) is 11.7. The Morgan fingerprint density at radius 3 is 2.69 bits per heavy atom. The highest BCUT2D eigenvalue weighted by atomic mass is 16.5. The third kappa shape index (κ3) is 6.31. The van der Waals surface area contributed by atoms with Crippen molar-refractivity contribution in [3.8, 4) is 5.75 Å². The van der Waals surface area contributed by atoms with Crippen LogP contribution in [0.15, 0.2) is 52.9 Å². The Morgan fingerprint density at radius 1 is 1.06 bits per heavy atom. The lowest BCUT2D eigenvalue weighted by atomic mass is 9.94. The highest BCUT2D eigenvalue weighted by molar-refractivity contribution is 5.72. The third-order valence-corrected chi connectivity index (χ3v) is 6.23. The number of oxazole rings is 1. The van der Waals surface area contributed by atoms with Crippen LogP contribution in [0.2, 0.25) is 0 Å². The highest BCUT2D eigenvalue weighted by Gasteiger charge is 2.20. The number of fused-ring (bicyclic) bond motifs is 1. The topological polar surface area (TPSA) is 62.0 Å². The van der Waals surface area contributed by atoms with Crippen molar-refractivity contribution < 1.29 is 14.3 Å². The van der Waals surface area contributed by atoms with E-state index in [1.807, 2.05) is 49.5 Å². The molecular formula is C26H35N3O3. The summed E-state index contributed by atoms with van der Waals surface area (Å²) in [6.45, 7) is 2.34. The molecule has 0 radical (unpaired) electrons. The van der Waals surface area contributed by atoms with Gasteiger partial charge in [0.15, 0.2) is 5.58 Å². The molecule has 3 aromatic rings. The van der Waals surface area contributed by atoms with Crippen LogP contribution < -0.4 is 4.74 Å². The molecule has 1 aliphatic carbocycles. The van der Waals surface area contributed by atoms with Gasteiger partial charge in [0.25, 0.3) is 0 Å². The average Bonchev–Trinajstić information content (AvgIpc) is 3.20. The van der Waals surface area contributed by atoms with Gasteiger partial charge >= 0.3 is 0 Å². The summed E-state index contributed by atoms with van der Waals surface area (Å²) in [5, 5.41) is 10.5. The zero-order chi connectivity index (χ0) is 22.3. The summed E-state index contributed by atoms with van der Waals surface area (Å²) in [7, 11) is 4.17. The number of aliphatic hydroxyl groups excluding tert-OH is 1. The van der Waals surface area contributed by atoms with E-state index >= 15 is 0 Å².